The summed E-state index contributed by atoms with van der Waals surface area (Å²) in [5.41, 5.74) is 1.10. The van der Waals surface area contributed by atoms with Crippen LogP contribution in [-0.2, 0) is 14.8 Å². The lowest BCUT2D eigenvalue weighted by Gasteiger charge is -2.20. The molecule has 8 nitrogen and oxygen atoms in total. The van der Waals surface area contributed by atoms with E-state index in [1.54, 1.807) is 44.2 Å². The third-order valence-electron chi connectivity index (χ3n) is 4.54. The average Bonchev–Trinajstić information content (AvgIpc) is 2.74. The second-order valence-electron chi connectivity index (χ2n) is 6.49. The molecule has 3 rings (SSSR count). The number of carbonyl (C=O) groups is 1. The predicted molar refractivity (Wildman–Crippen MR) is 119 cm³/mol. The van der Waals surface area contributed by atoms with Crippen molar-refractivity contribution in [2.75, 3.05) is 43.5 Å². The van der Waals surface area contributed by atoms with Crippen molar-refractivity contribution < 1.29 is 22.7 Å². The first-order valence-electron chi connectivity index (χ1n) is 9.58. The van der Waals surface area contributed by atoms with Crippen LogP contribution in [0.1, 0.15) is 13.8 Å². The summed E-state index contributed by atoms with van der Waals surface area (Å²) in [6.45, 7) is 5.28. The highest BCUT2D eigenvalue weighted by atomic mass is 79.9. The standard InChI is InChI=1S/C20H24BrN3O5S/c1-3-24(4-2)30(26,27)15-7-5-6-14(10-15)22-13-20(25)23-17-12-19-18(11-16(17)21)28-8-9-29-19/h5-7,10-12,22H,3-4,8-9,13H2,1-2H3,(H,23,25). The van der Waals surface area contributed by atoms with Crippen LogP contribution in [0.2, 0.25) is 0 Å². The molecule has 0 saturated carbocycles. The molecular formula is C20H24BrN3O5S. The van der Waals surface area contributed by atoms with E-state index in [2.05, 4.69) is 26.6 Å². The molecule has 0 unspecified atom stereocenters. The monoisotopic (exact) mass is 497 g/mol. The van der Waals surface area contributed by atoms with Gasteiger partial charge in [-0.05, 0) is 34.1 Å². The number of carbonyl (C=O) groups excluding carboxylic acids is 1. The highest BCUT2D eigenvalue weighted by Gasteiger charge is 2.22. The molecule has 0 atom stereocenters. The number of amides is 1. The largest absolute Gasteiger partial charge is 0.486 e. The van der Waals surface area contributed by atoms with E-state index in [1.165, 1.54) is 10.4 Å². The molecule has 30 heavy (non-hydrogen) atoms. The lowest BCUT2D eigenvalue weighted by Crippen LogP contribution is -2.30. The first-order valence-corrected chi connectivity index (χ1v) is 11.8. The lowest BCUT2D eigenvalue weighted by atomic mass is 10.2. The highest BCUT2D eigenvalue weighted by Crippen LogP contribution is 2.38. The summed E-state index contributed by atoms with van der Waals surface area (Å²) in [6.07, 6.45) is 0. The van der Waals surface area contributed by atoms with E-state index in [4.69, 9.17) is 9.47 Å². The Hall–Kier alpha value is -2.30. The van der Waals surface area contributed by atoms with Gasteiger partial charge in [0.25, 0.3) is 0 Å². The molecule has 2 aromatic rings. The van der Waals surface area contributed by atoms with Crippen molar-refractivity contribution in [3.8, 4) is 11.5 Å². The van der Waals surface area contributed by atoms with Crippen LogP contribution in [0, 0.1) is 0 Å². The maximum atomic E-state index is 12.7. The van der Waals surface area contributed by atoms with Crippen LogP contribution >= 0.6 is 15.9 Å². The first-order chi connectivity index (χ1) is 14.3. The van der Waals surface area contributed by atoms with E-state index in [9.17, 15) is 13.2 Å². The molecule has 0 spiro atoms. The number of rotatable bonds is 8. The van der Waals surface area contributed by atoms with Gasteiger partial charge in [0.2, 0.25) is 15.9 Å². The minimum atomic E-state index is -3.56. The fourth-order valence-electron chi connectivity index (χ4n) is 3.02. The number of sulfonamides is 1. The Morgan fingerprint density at radius 1 is 1.10 bits per heavy atom. The van der Waals surface area contributed by atoms with Crippen molar-refractivity contribution in [2.24, 2.45) is 0 Å². The smallest absolute Gasteiger partial charge is 0.243 e. The molecular weight excluding hydrogens is 474 g/mol. The number of halogens is 1. The Bertz CT molecular complexity index is 1030. The van der Waals surface area contributed by atoms with Crippen LogP contribution in [0.25, 0.3) is 0 Å². The maximum absolute atomic E-state index is 12.7. The fourth-order valence-corrected chi connectivity index (χ4v) is 4.94. The van der Waals surface area contributed by atoms with Crippen LogP contribution in [0.5, 0.6) is 11.5 Å². The third kappa shape index (κ3) is 5.05. The molecule has 0 radical (unpaired) electrons. The Balaban J connectivity index is 1.66. The number of nitrogens with one attached hydrogen (secondary N) is 2. The Morgan fingerprint density at radius 2 is 1.77 bits per heavy atom. The van der Waals surface area contributed by atoms with Crippen molar-refractivity contribution in [2.45, 2.75) is 18.7 Å². The van der Waals surface area contributed by atoms with Gasteiger partial charge in [-0.25, -0.2) is 8.42 Å². The minimum Gasteiger partial charge on any atom is -0.486 e. The van der Waals surface area contributed by atoms with Crippen LogP contribution in [0.4, 0.5) is 11.4 Å². The van der Waals surface area contributed by atoms with E-state index >= 15 is 0 Å². The Labute approximate surface area is 184 Å². The second-order valence-corrected chi connectivity index (χ2v) is 9.29. The molecule has 0 aromatic heterocycles. The molecule has 0 bridgehead atoms. The SMILES string of the molecule is CCN(CC)S(=O)(=O)c1cccc(NCC(=O)Nc2cc3c(cc2Br)OCCO3)c1. The van der Waals surface area contributed by atoms with Gasteiger partial charge >= 0.3 is 0 Å². The van der Waals surface area contributed by atoms with E-state index in [1.807, 2.05) is 0 Å². The molecule has 1 aliphatic rings. The highest BCUT2D eigenvalue weighted by molar-refractivity contribution is 9.10. The number of anilines is 2. The van der Waals surface area contributed by atoms with Gasteiger partial charge in [-0.2, -0.15) is 4.31 Å². The van der Waals surface area contributed by atoms with Crippen LogP contribution < -0.4 is 20.1 Å². The number of hydrogen-bond donors (Lipinski definition) is 2. The Kier molecular flexibility index (Phi) is 7.22. The molecule has 2 N–H and O–H groups in total. The summed E-state index contributed by atoms with van der Waals surface area (Å²) in [4.78, 5) is 12.6. The summed E-state index contributed by atoms with van der Waals surface area (Å²) in [5, 5.41) is 5.77. The molecule has 2 aromatic carbocycles. The van der Waals surface area contributed by atoms with E-state index in [-0.39, 0.29) is 17.3 Å². The first kappa shape index (κ1) is 22.4. The average molecular weight is 498 g/mol. The summed E-state index contributed by atoms with van der Waals surface area (Å²) >= 11 is 3.42. The molecule has 1 heterocycles. The van der Waals surface area contributed by atoms with Crippen LogP contribution in [-0.4, -0.2) is 51.5 Å². The van der Waals surface area contributed by atoms with E-state index in [0.29, 0.717) is 53.6 Å². The summed E-state index contributed by atoms with van der Waals surface area (Å²) in [6, 6.07) is 9.89. The van der Waals surface area contributed by atoms with Crippen molar-refractivity contribution >= 4 is 43.2 Å². The van der Waals surface area contributed by atoms with Crippen molar-refractivity contribution in [1.29, 1.82) is 0 Å². The summed E-state index contributed by atoms with van der Waals surface area (Å²) < 4.78 is 38.5. The number of nitrogens with zero attached hydrogens (tertiary/aromatic N) is 1. The molecule has 0 aliphatic carbocycles. The van der Waals surface area contributed by atoms with Crippen molar-refractivity contribution in [3.05, 3.63) is 40.9 Å². The molecule has 10 heteroatoms. The van der Waals surface area contributed by atoms with E-state index in [0.717, 1.165) is 0 Å². The number of ether oxygens (including phenoxy) is 2. The topological polar surface area (TPSA) is 97.0 Å². The zero-order chi connectivity index (χ0) is 21.7. The maximum Gasteiger partial charge on any atom is 0.243 e. The molecule has 1 amide bonds. The van der Waals surface area contributed by atoms with Crippen molar-refractivity contribution in [3.63, 3.8) is 0 Å². The van der Waals surface area contributed by atoms with Crippen LogP contribution in [0.15, 0.2) is 45.8 Å². The minimum absolute atomic E-state index is 0.0321. The van der Waals surface area contributed by atoms with Gasteiger partial charge in [-0.1, -0.05) is 19.9 Å². The second kappa shape index (κ2) is 9.67. The predicted octanol–water partition coefficient (Wildman–Crippen LogP) is 3.30. The molecule has 0 saturated heterocycles. The lowest BCUT2D eigenvalue weighted by molar-refractivity contribution is -0.114. The quantitative estimate of drug-likeness (QED) is 0.580. The zero-order valence-electron chi connectivity index (χ0n) is 16.8. The summed E-state index contributed by atoms with van der Waals surface area (Å²) in [7, 11) is -3.56. The number of fused-ring (bicyclic) bond motifs is 1. The molecule has 1 aliphatic heterocycles. The van der Waals surface area contributed by atoms with Gasteiger partial charge in [0.05, 0.1) is 17.1 Å². The number of benzene rings is 2. The van der Waals surface area contributed by atoms with E-state index < -0.39 is 10.0 Å². The van der Waals surface area contributed by atoms with Gasteiger partial charge in [0.1, 0.15) is 13.2 Å². The third-order valence-corrected chi connectivity index (χ3v) is 7.24. The van der Waals surface area contributed by atoms with Gasteiger partial charge < -0.3 is 20.1 Å². The van der Waals surface area contributed by atoms with Gasteiger partial charge in [0.15, 0.2) is 11.5 Å². The van der Waals surface area contributed by atoms with Gasteiger partial charge in [-0.15, -0.1) is 0 Å². The normalized spacial score (nSPS) is 13.2. The Morgan fingerprint density at radius 3 is 2.43 bits per heavy atom. The van der Waals surface area contributed by atoms with Gasteiger partial charge in [-0.3, -0.25) is 4.79 Å². The van der Waals surface area contributed by atoms with Crippen molar-refractivity contribution in [1.82, 2.24) is 4.31 Å². The molecule has 162 valence electrons. The molecule has 0 fully saturated rings. The summed E-state index contributed by atoms with van der Waals surface area (Å²) in [5.74, 6) is 0.905. The fraction of sp³-hybridized carbons (Fsp3) is 0.350. The number of hydrogen-bond acceptors (Lipinski definition) is 6. The van der Waals surface area contributed by atoms with Crippen LogP contribution in [0.3, 0.4) is 0 Å². The van der Waals surface area contributed by atoms with Gasteiger partial charge in [0, 0.05) is 35.4 Å². The zero-order valence-corrected chi connectivity index (χ0v) is 19.2.